The number of aliphatic carboxylic acids is 1. The minimum absolute atomic E-state index is 0.0148. The lowest BCUT2D eigenvalue weighted by atomic mass is 10.1. The van der Waals surface area contributed by atoms with Crippen molar-refractivity contribution in [3.8, 4) is 0 Å². The molecular weight excluding hydrogens is 284 g/mol. The van der Waals surface area contributed by atoms with Gasteiger partial charge < -0.3 is 14.7 Å². The molecule has 0 bridgehead atoms. The lowest BCUT2D eigenvalue weighted by molar-refractivity contribution is -0.141. The van der Waals surface area contributed by atoms with Gasteiger partial charge in [0.1, 0.15) is 23.2 Å². The Balaban J connectivity index is 2.39. The Kier molecular flexibility index (Phi) is 4.22. The van der Waals surface area contributed by atoms with E-state index in [1.165, 1.54) is 20.1 Å². The van der Waals surface area contributed by atoms with Crippen LogP contribution < -0.4 is 0 Å². The molecule has 1 heterocycles. The third-order valence-electron chi connectivity index (χ3n) is 3.64. The van der Waals surface area contributed by atoms with Gasteiger partial charge >= 0.3 is 5.97 Å². The average molecular weight is 299 g/mol. The number of aryl methyl sites for hydroxylation is 1. The maximum atomic E-state index is 14.0. The molecule has 5 nitrogen and oxygen atoms in total. The standard InChI is InChI=1S/C14H15F2NO4/c1-7-3-4-9(15)11(12(7)16)13(18)17-6-8(21-2)5-10(17)14(19)20/h3-4,8,10H,5-6H2,1-2H3,(H,19,20). The van der Waals surface area contributed by atoms with Crippen molar-refractivity contribution in [2.24, 2.45) is 0 Å². The zero-order chi connectivity index (χ0) is 15.7. The van der Waals surface area contributed by atoms with E-state index in [1.807, 2.05) is 0 Å². The van der Waals surface area contributed by atoms with Crippen molar-refractivity contribution in [3.05, 3.63) is 34.9 Å². The molecule has 0 radical (unpaired) electrons. The highest BCUT2D eigenvalue weighted by Gasteiger charge is 2.41. The Labute approximate surface area is 120 Å². The molecule has 0 aromatic heterocycles. The molecule has 1 saturated heterocycles. The number of rotatable bonds is 3. The number of amides is 1. The van der Waals surface area contributed by atoms with Gasteiger partial charge in [0.25, 0.3) is 5.91 Å². The van der Waals surface area contributed by atoms with Crippen molar-refractivity contribution in [2.45, 2.75) is 25.5 Å². The molecule has 2 atom stereocenters. The van der Waals surface area contributed by atoms with Crippen molar-refractivity contribution >= 4 is 11.9 Å². The second-order valence-corrected chi connectivity index (χ2v) is 4.96. The number of benzene rings is 1. The lowest BCUT2D eigenvalue weighted by Gasteiger charge is -2.22. The minimum Gasteiger partial charge on any atom is -0.480 e. The van der Waals surface area contributed by atoms with E-state index in [1.54, 1.807) is 0 Å². The van der Waals surface area contributed by atoms with Gasteiger partial charge in [0.05, 0.1) is 6.10 Å². The Bertz CT molecular complexity index is 591. The minimum atomic E-state index is -1.23. The van der Waals surface area contributed by atoms with Crippen LogP contribution in [0.15, 0.2) is 12.1 Å². The van der Waals surface area contributed by atoms with Crippen LogP contribution in [-0.2, 0) is 9.53 Å². The van der Waals surface area contributed by atoms with E-state index in [-0.39, 0.29) is 18.5 Å². The van der Waals surface area contributed by atoms with Gasteiger partial charge in [-0.05, 0) is 18.6 Å². The normalized spacial score (nSPS) is 21.6. The molecular formula is C14H15F2NO4. The number of halogens is 2. The van der Waals surface area contributed by atoms with Crippen LogP contribution in [0.5, 0.6) is 0 Å². The summed E-state index contributed by atoms with van der Waals surface area (Å²) in [6.45, 7) is 1.39. The van der Waals surface area contributed by atoms with Crippen molar-refractivity contribution < 1.29 is 28.2 Å². The molecule has 1 amide bonds. The van der Waals surface area contributed by atoms with E-state index in [0.29, 0.717) is 0 Å². The first-order chi connectivity index (χ1) is 9.86. The van der Waals surface area contributed by atoms with Gasteiger partial charge in [0.15, 0.2) is 0 Å². The van der Waals surface area contributed by atoms with Crippen molar-refractivity contribution in [3.63, 3.8) is 0 Å². The van der Waals surface area contributed by atoms with Crippen LogP contribution in [0.4, 0.5) is 8.78 Å². The van der Waals surface area contributed by atoms with Crippen molar-refractivity contribution in [1.82, 2.24) is 4.90 Å². The molecule has 0 aliphatic carbocycles. The van der Waals surface area contributed by atoms with Crippen LogP contribution in [0.25, 0.3) is 0 Å². The van der Waals surface area contributed by atoms with Crippen LogP contribution >= 0.6 is 0 Å². The Morgan fingerprint density at radius 3 is 2.62 bits per heavy atom. The topological polar surface area (TPSA) is 66.8 Å². The molecule has 1 fully saturated rings. The summed E-state index contributed by atoms with van der Waals surface area (Å²) in [4.78, 5) is 24.5. The summed E-state index contributed by atoms with van der Waals surface area (Å²) in [5, 5.41) is 9.15. The van der Waals surface area contributed by atoms with Gasteiger partial charge in [0, 0.05) is 20.1 Å². The van der Waals surface area contributed by atoms with Gasteiger partial charge in [-0.1, -0.05) is 6.07 Å². The number of carboxylic acids is 1. The monoisotopic (exact) mass is 299 g/mol. The molecule has 7 heteroatoms. The van der Waals surface area contributed by atoms with Gasteiger partial charge in [-0.15, -0.1) is 0 Å². The first kappa shape index (κ1) is 15.4. The number of nitrogens with zero attached hydrogens (tertiary/aromatic N) is 1. The Morgan fingerprint density at radius 1 is 1.38 bits per heavy atom. The zero-order valence-electron chi connectivity index (χ0n) is 11.6. The fraction of sp³-hybridized carbons (Fsp3) is 0.429. The molecule has 21 heavy (non-hydrogen) atoms. The van der Waals surface area contributed by atoms with Crippen molar-refractivity contribution in [1.29, 1.82) is 0 Å². The Morgan fingerprint density at radius 2 is 2.05 bits per heavy atom. The third-order valence-corrected chi connectivity index (χ3v) is 3.64. The summed E-state index contributed by atoms with van der Waals surface area (Å²) in [6, 6.07) is 1.06. The quantitative estimate of drug-likeness (QED) is 0.920. The first-order valence-corrected chi connectivity index (χ1v) is 6.38. The highest BCUT2D eigenvalue weighted by atomic mass is 19.1. The molecule has 1 aromatic rings. The maximum absolute atomic E-state index is 14.0. The van der Waals surface area contributed by atoms with E-state index < -0.39 is 41.2 Å². The first-order valence-electron chi connectivity index (χ1n) is 6.38. The van der Waals surface area contributed by atoms with Crippen LogP contribution in [-0.4, -0.2) is 47.7 Å². The zero-order valence-corrected chi connectivity index (χ0v) is 11.6. The van der Waals surface area contributed by atoms with E-state index in [9.17, 15) is 18.4 Å². The molecule has 2 unspecified atom stereocenters. The molecule has 1 aliphatic rings. The summed E-state index contributed by atoms with van der Waals surface area (Å²) in [5.41, 5.74) is -0.605. The van der Waals surface area contributed by atoms with Gasteiger partial charge in [-0.2, -0.15) is 0 Å². The summed E-state index contributed by atoms with van der Waals surface area (Å²) in [6.07, 6.45) is -0.377. The number of carbonyl (C=O) groups excluding carboxylic acids is 1. The smallest absolute Gasteiger partial charge is 0.326 e. The van der Waals surface area contributed by atoms with E-state index in [0.717, 1.165) is 11.0 Å². The van der Waals surface area contributed by atoms with Gasteiger partial charge in [-0.3, -0.25) is 4.79 Å². The number of hydrogen-bond acceptors (Lipinski definition) is 3. The summed E-state index contributed by atoms with van der Waals surface area (Å²) < 4.78 is 32.8. The number of carboxylic acid groups (broad SMARTS) is 1. The van der Waals surface area contributed by atoms with E-state index in [2.05, 4.69) is 0 Å². The summed E-state index contributed by atoms with van der Waals surface area (Å²) in [5.74, 6) is -4.17. The SMILES string of the molecule is COC1CC(C(=O)O)N(C(=O)c2c(F)ccc(C)c2F)C1. The van der Waals surface area contributed by atoms with Gasteiger partial charge in [0.2, 0.25) is 0 Å². The molecule has 1 aromatic carbocycles. The fourth-order valence-electron chi connectivity index (χ4n) is 2.42. The van der Waals surface area contributed by atoms with Crippen LogP contribution in [0, 0.1) is 18.6 Å². The summed E-state index contributed by atoms with van der Waals surface area (Å²) >= 11 is 0. The molecule has 1 aliphatic heterocycles. The predicted octanol–water partition coefficient (Wildman–Crippen LogP) is 1.59. The lowest BCUT2D eigenvalue weighted by Crippen LogP contribution is -2.41. The molecule has 114 valence electrons. The number of ether oxygens (including phenoxy) is 1. The second kappa shape index (κ2) is 5.77. The van der Waals surface area contributed by atoms with E-state index >= 15 is 0 Å². The molecule has 0 spiro atoms. The molecule has 2 rings (SSSR count). The highest BCUT2D eigenvalue weighted by molar-refractivity contribution is 5.97. The second-order valence-electron chi connectivity index (χ2n) is 4.96. The van der Waals surface area contributed by atoms with E-state index in [4.69, 9.17) is 9.84 Å². The molecule has 0 saturated carbocycles. The highest BCUT2D eigenvalue weighted by Crippen LogP contribution is 2.25. The van der Waals surface area contributed by atoms with Crippen LogP contribution in [0.1, 0.15) is 22.3 Å². The van der Waals surface area contributed by atoms with Crippen LogP contribution in [0.2, 0.25) is 0 Å². The predicted molar refractivity (Wildman–Crippen MR) is 69.0 cm³/mol. The Hall–Kier alpha value is -2.02. The number of carbonyl (C=O) groups is 2. The van der Waals surface area contributed by atoms with Crippen LogP contribution in [0.3, 0.4) is 0 Å². The third kappa shape index (κ3) is 2.73. The van der Waals surface area contributed by atoms with Crippen molar-refractivity contribution in [2.75, 3.05) is 13.7 Å². The average Bonchev–Trinajstić information content (AvgIpc) is 2.87. The van der Waals surface area contributed by atoms with Gasteiger partial charge in [-0.25, -0.2) is 13.6 Å². The number of hydrogen-bond donors (Lipinski definition) is 1. The molecule has 1 N–H and O–H groups in total. The maximum Gasteiger partial charge on any atom is 0.326 e. The number of likely N-dealkylation sites (tertiary alicyclic amines) is 1. The largest absolute Gasteiger partial charge is 0.480 e. The summed E-state index contributed by atoms with van der Waals surface area (Å²) in [7, 11) is 1.39. The number of methoxy groups -OCH3 is 1. The fourth-order valence-corrected chi connectivity index (χ4v) is 2.42.